The third-order valence-corrected chi connectivity index (χ3v) is 3.42. The Balaban J connectivity index is 2.36. The van der Waals surface area contributed by atoms with Crippen LogP contribution in [-0.4, -0.2) is 13.4 Å². The maximum absolute atomic E-state index is 13.3. The van der Waals surface area contributed by atoms with Crippen molar-refractivity contribution in [3.63, 3.8) is 0 Å². The highest BCUT2D eigenvalue weighted by molar-refractivity contribution is 7.92. The van der Waals surface area contributed by atoms with Gasteiger partial charge in [0.25, 0.3) is 10.0 Å². The zero-order chi connectivity index (χ0) is 12.3. The average Bonchev–Trinajstić information content (AvgIpc) is 2.30. The molecule has 0 fully saturated rings. The summed E-state index contributed by atoms with van der Waals surface area (Å²) in [5.41, 5.74) is 0. The molecule has 0 bridgehead atoms. The topological polar surface area (TPSA) is 59.1 Å². The highest BCUT2D eigenvalue weighted by atomic mass is 32.2. The second-order valence-corrected chi connectivity index (χ2v) is 4.90. The summed E-state index contributed by atoms with van der Waals surface area (Å²) in [6.07, 6.45) is 1.44. The van der Waals surface area contributed by atoms with Gasteiger partial charge in [0.05, 0.1) is 0 Å². The summed E-state index contributed by atoms with van der Waals surface area (Å²) in [5, 5.41) is 0. The smallest absolute Gasteiger partial charge is 0.263 e. The number of sulfonamides is 1. The number of halogens is 1. The lowest BCUT2D eigenvalue weighted by Gasteiger charge is -2.07. The van der Waals surface area contributed by atoms with Crippen LogP contribution in [0.5, 0.6) is 0 Å². The second-order valence-electron chi connectivity index (χ2n) is 3.25. The average molecular weight is 252 g/mol. The molecule has 0 saturated heterocycles. The van der Waals surface area contributed by atoms with Crippen LogP contribution in [0.2, 0.25) is 0 Å². The van der Waals surface area contributed by atoms with Crippen LogP contribution in [0.25, 0.3) is 0 Å². The number of nitrogens with zero attached hydrogens (tertiary/aromatic N) is 1. The minimum Gasteiger partial charge on any atom is -0.263 e. The fourth-order valence-corrected chi connectivity index (χ4v) is 2.37. The van der Waals surface area contributed by atoms with Crippen molar-refractivity contribution >= 4 is 15.8 Å². The third-order valence-electron chi connectivity index (χ3n) is 2.03. The number of aromatic nitrogens is 1. The first-order chi connectivity index (χ1) is 8.09. The molecule has 2 rings (SSSR count). The summed E-state index contributed by atoms with van der Waals surface area (Å²) < 4.78 is 39.2. The molecule has 0 aliphatic carbocycles. The normalized spacial score (nSPS) is 11.1. The van der Waals surface area contributed by atoms with E-state index in [2.05, 4.69) is 9.71 Å². The van der Waals surface area contributed by atoms with E-state index in [1.165, 1.54) is 30.5 Å². The van der Waals surface area contributed by atoms with Gasteiger partial charge in [0.2, 0.25) is 0 Å². The number of hydrogen-bond donors (Lipinski definition) is 1. The van der Waals surface area contributed by atoms with E-state index in [0.717, 1.165) is 6.07 Å². The van der Waals surface area contributed by atoms with Gasteiger partial charge in [-0.2, -0.15) is 0 Å². The third kappa shape index (κ3) is 2.59. The molecule has 17 heavy (non-hydrogen) atoms. The number of rotatable bonds is 3. The van der Waals surface area contributed by atoms with Gasteiger partial charge in [0.1, 0.15) is 16.5 Å². The number of benzene rings is 1. The van der Waals surface area contributed by atoms with Crippen LogP contribution in [0.4, 0.5) is 10.2 Å². The predicted octanol–water partition coefficient (Wildman–Crippen LogP) is 2.02. The van der Waals surface area contributed by atoms with Crippen molar-refractivity contribution in [2.45, 2.75) is 4.90 Å². The van der Waals surface area contributed by atoms with Gasteiger partial charge in [-0.3, -0.25) is 4.72 Å². The van der Waals surface area contributed by atoms with Crippen molar-refractivity contribution in [2.24, 2.45) is 0 Å². The van der Waals surface area contributed by atoms with Crippen LogP contribution in [0, 0.1) is 5.82 Å². The summed E-state index contributed by atoms with van der Waals surface area (Å²) in [7, 11) is -3.93. The lowest BCUT2D eigenvalue weighted by atomic mass is 10.4. The maximum Gasteiger partial charge on any atom is 0.265 e. The van der Waals surface area contributed by atoms with Crippen LogP contribution in [0.1, 0.15) is 0 Å². The number of anilines is 1. The number of pyridine rings is 1. The van der Waals surface area contributed by atoms with Gasteiger partial charge in [-0.25, -0.2) is 17.8 Å². The van der Waals surface area contributed by atoms with Gasteiger partial charge in [-0.15, -0.1) is 0 Å². The summed E-state index contributed by atoms with van der Waals surface area (Å²) >= 11 is 0. The lowest BCUT2D eigenvalue weighted by Crippen LogP contribution is -2.15. The largest absolute Gasteiger partial charge is 0.265 e. The van der Waals surface area contributed by atoms with E-state index >= 15 is 0 Å². The molecule has 0 aliphatic rings. The molecule has 1 aromatic heterocycles. The van der Waals surface area contributed by atoms with E-state index < -0.39 is 20.7 Å². The van der Waals surface area contributed by atoms with E-state index in [4.69, 9.17) is 0 Å². The first kappa shape index (κ1) is 11.5. The summed E-state index contributed by atoms with van der Waals surface area (Å²) in [6.45, 7) is 0. The minimum atomic E-state index is -3.93. The molecule has 1 aromatic carbocycles. The molecule has 4 nitrogen and oxygen atoms in total. The quantitative estimate of drug-likeness (QED) is 0.909. The van der Waals surface area contributed by atoms with Crippen molar-refractivity contribution in [3.8, 4) is 0 Å². The van der Waals surface area contributed by atoms with Crippen LogP contribution < -0.4 is 4.72 Å². The molecule has 1 N–H and O–H groups in total. The molecule has 1 heterocycles. The summed E-state index contributed by atoms with van der Waals surface area (Å²) in [4.78, 5) is 3.41. The molecule has 2 aromatic rings. The van der Waals surface area contributed by atoms with Gasteiger partial charge in [-0.1, -0.05) is 18.2 Å². The maximum atomic E-state index is 13.3. The van der Waals surface area contributed by atoms with E-state index in [9.17, 15) is 12.8 Å². The monoisotopic (exact) mass is 252 g/mol. The van der Waals surface area contributed by atoms with Crippen LogP contribution >= 0.6 is 0 Å². The Morgan fingerprint density at radius 3 is 2.41 bits per heavy atom. The molecule has 0 aliphatic heterocycles. The minimum absolute atomic E-state index is 0.149. The highest BCUT2D eigenvalue weighted by Gasteiger charge is 2.18. The molecule has 0 atom stereocenters. The Labute approximate surface area is 98.2 Å². The van der Waals surface area contributed by atoms with E-state index in [-0.39, 0.29) is 5.82 Å². The van der Waals surface area contributed by atoms with Crippen LogP contribution in [0.3, 0.4) is 0 Å². The molecular formula is C11H9FN2O2S. The Bertz CT molecular complexity index is 614. The highest BCUT2D eigenvalue weighted by Crippen LogP contribution is 2.16. The van der Waals surface area contributed by atoms with Crippen LogP contribution in [-0.2, 0) is 10.0 Å². The first-order valence-corrected chi connectivity index (χ1v) is 6.26. The second kappa shape index (κ2) is 4.50. The van der Waals surface area contributed by atoms with Gasteiger partial charge in [-0.05, 0) is 24.3 Å². The molecule has 6 heteroatoms. The fourth-order valence-electron chi connectivity index (χ4n) is 1.28. The molecule has 0 unspecified atom stereocenters. The zero-order valence-electron chi connectivity index (χ0n) is 8.67. The molecule has 0 spiro atoms. The molecule has 0 saturated carbocycles. The van der Waals surface area contributed by atoms with Crippen molar-refractivity contribution in [1.29, 1.82) is 0 Å². The van der Waals surface area contributed by atoms with Crippen molar-refractivity contribution in [2.75, 3.05) is 4.72 Å². The number of hydrogen-bond acceptors (Lipinski definition) is 3. The van der Waals surface area contributed by atoms with Crippen LogP contribution in [0.15, 0.2) is 53.6 Å². The van der Waals surface area contributed by atoms with Crippen molar-refractivity contribution in [1.82, 2.24) is 4.98 Å². The van der Waals surface area contributed by atoms with Crippen molar-refractivity contribution < 1.29 is 12.8 Å². The summed E-state index contributed by atoms with van der Waals surface area (Å²) in [5.74, 6) is -0.647. The Hall–Kier alpha value is -1.95. The standard InChI is InChI=1S/C11H9FN2O2S/c12-9-5-1-2-6-10(9)17(15,16)14-11-7-3-4-8-13-11/h1-8H,(H,13,14). The van der Waals surface area contributed by atoms with E-state index in [0.29, 0.717) is 0 Å². The van der Waals surface area contributed by atoms with E-state index in [1.54, 1.807) is 12.1 Å². The lowest BCUT2D eigenvalue weighted by molar-refractivity contribution is 0.570. The molecular weight excluding hydrogens is 243 g/mol. The van der Waals surface area contributed by atoms with Gasteiger partial charge in [0.15, 0.2) is 0 Å². The van der Waals surface area contributed by atoms with Gasteiger partial charge >= 0.3 is 0 Å². The van der Waals surface area contributed by atoms with Crippen molar-refractivity contribution in [3.05, 3.63) is 54.5 Å². The zero-order valence-corrected chi connectivity index (χ0v) is 9.49. The Kier molecular flexibility index (Phi) is 3.06. The fraction of sp³-hybridized carbons (Fsp3) is 0. The SMILES string of the molecule is O=S(=O)(Nc1ccccn1)c1ccccc1F. The molecule has 88 valence electrons. The Morgan fingerprint density at radius 1 is 1.06 bits per heavy atom. The molecule has 0 amide bonds. The molecule has 0 radical (unpaired) electrons. The number of nitrogens with one attached hydrogen (secondary N) is 1. The van der Waals surface area contributed by atoms with Gasteiger partial charge < -0.3 is 0 Å². The summed E-state index contributed by atoms with van der Waals surface area (Å²) in [6, 6.07) is 9.93. The van der Waals surface area contributed by atoms with Gasteiger partial charge in [0, 0.05) is 6.20 Å². The predicted molar refractivity (Wildman–Crippen MR) is 61.4 cm³/mol. The van der Waals surface area contributed by atoms with E-state index in [1.807, 2.05) is 0 Å². The Morgan fingerprint density at radius 2 is 1.76 bits per heavy atom. The first-order valence-electron chi connectivity index (χ1n) is 4.78.